The van der Waals surface area contributed by atoms with Gasteiger partial charge in [0.05, 0.1) is 17.7 Å². The standard InChI is InChI=1S/C13H10F5NO2/c1-21-3-2-19-6-8(12(20)13(16,17)18)11-9(15)4-7(14)5-10(11)19/h4-6H,2-3H2,1H3. The molecule has 21 heavy (non-hydrogen) atoms. The minimum atomic E-state index is -5.14. The number of rotatable bonds is 4. The number of hydrogen-bond donors (Lipinski definition) is 0. The molecule has 3 nitrogen and oxygen atoms in total. The molecule has 0 N–H and O–H groups in total. The number of aromatic nitrogens is 1. The van der Waals surface area contributed by atoms with E-state index in [-0.39, 0.29) is 18.7 Å². The summed E-state index contributed by atoms with van der Waals surface area (Å²) in [7, 11) is 1.37. The van der Waals surface area contributed by atoms with E-state index in [1.54, 1.807) is 0 Å². The molecule has 0 aliphatic rings. The number of Topliss-reactive ketones (excluding diaryl/α,β-unsaturated/α-hetero) is 1. The zero-order chi connectivity index (χ0) is 15.8. The number of benzene rings is 1. The summed E-state index contributed by atoms with van der Waals surface area (Å²) in [5.74, 6) is -4.33. The molecule has 0 spiro atoms. The van der Waals surface area contributed by atoms with Gasteiger partial charge in [0.1, 0.15) is 11.6 Å². The average Bonchev–Trinajstić information content (AvgIpc) is 2.73. The van der Waals surface area contributed by atoms with Gasteiger partial charge in [0.2, 0.25) is 0 Å². The number of methoxy groups -OCH3 is 1. The molecule has 0 saturated carbocycles. The predicted octanol–water partition coefficient (Wildman–Crippen LogP) is 3.31. The summed E-state index contributed by atoms with van der Waals surface area (Å²) in [5, 5.41) is -0.546. The van der Waals surface area contributed by atoms with Crippen LogP contribution in [0.5, 0.6) is 0 Å². The summed E-state index contributed by atoms with van der Waals surface area (Å²) in [6, 6.07) is 1.32. The minimum absolute atomic E-state index is 0.0566. The van der Waals surface area contributed by atoms with E-state index in [0.29, 0.717) is 6.07 Å². The number of halogens is 5. The Bertz CT molecular complexity index is 690. The van der Waals surface area contributed by atoms with E-state index in [1.807, 2.05) is 0 Å². The summed E-state index contributed by atoms with van der Waals surface area (Å²) in [5.41, 5.74) is -0.969. The maximum atomic E-state index is 13.8. The first-order valence-corrected chi connectivity index (χ1v) is 5.84. The Balaban J connectivity index is 2.68. The van der Waals surface area contributed by atoms with Gasteiger partial charge in [0.25, 0.3) is 5.78 Å². The number of ether oxygens (including phenoxy) is 1. The van der Waals surface area contributed by atoms with E-state index >= 15 is 0 Å². The van der Waals surface area contributed by atoms with Gasteiger partial charge in [0.15, 0.2) is 0 Å². The molecule has 0 amide bonds. The molecular formula is C13H10F5NO2. The highest BCUT2D eigenvalue weighted by atomic mass is 19.4. The summed E-state index contributed by atoms with van der Waals surface area (Å²) in [6.07, 6.45) is -4.27. The first-order chi connectivity index (χ1) is 9.75. The van der Waals surface area contributed by atoms with Crippen LogP contribution in [0.15, 0.2) is 18.3 Å². The summed E-state index contributed by atoms with van der Waals surface area (Å²) < 4.78 is 70.6. The van der Waals surface area contributed by atoms with Crippen LogP contribution in [0.3, 0.4) is 0 Å². The molecule has 1 aromatic carbocycles. The van der Waals surface area contributed by atoms with Crippen LogP contribution in [0, 0.1) is 11.6 Å². The number of nitrogens with zero attached hydrogens (tertiary/aromatic N) is 1. The third-order valence-corrected chi connectivity index (χ3v) is 2.94. The molecule has 2 aromatic rings. The molecule has 2 rings (SSSR count). The van der Waals surface area contributed by atoms with Gasteiger partial charge in [-0.15, -0.1) is 0 Å². The molecular weight excluding hydrogens is 297 g/mol. The maximum Gasteiger partial charge on any atom is 0.454 e. The first kappa shape index (κ1) is 15.4. The van der Waals surface area contributed by atoms with Crippen molar-refractivity contribution in [3.05, 3.63) is 35.5 Å². The Morgan fingerprint density at radius 3 is 2.52 bits per heavy atom. The molecule has 114 valence electrons. The summed E-state index contributed by atoms with van der Waals surface area (Å²) in [4.78, 5) is 11.4. The lowest BCUT2D eigenvalue weighted by molar-refractivity contribution is -0.0884. The van der Waals surface area contributed by atoms with Gasteiger partial charge in [-0.25, -0.2) is 8.78 Å². The molecule has 0 unspecified atom stereocenters. The third-order valence-electron chi connectivity index (χ3n) is 2.94. The lowest BCUT2D eigenvalue weighted by Gasteiger charge is -2.04. The van der Waals surface area contributed by atoms with Gasteiger partial charge in [-0.2, -0.15) is 13.2 Å². The van der Waals surface area contributed by atoms with Gasteiger partial charge in [-0.1, -0.05) is 0 Å². The first-order valence-electron chi connectivity index (χ1n) is 5.84. The lowest BCUT2D eigenvalue weighted by Crippen LogP contribution is -2.22. The van der Waals surface area contributed by atoms with Crippen LogP contribution in [0.25, 0.3) is 10.9 Å². The van der Waals surface area contributed by atoms with Crippen molar-refractivity contribution in [3.8, 4) is 0 Å². The Hall–Kier alpha value is -1.96. The molecule has 0 saturated heterocycles. The normalized spacial score (nSPS) is 12.1. The quantitative estimate of drug-likeness (QED) is 0.641. The van der Waals surface area contributed by atoms with Crippen molar-refractivity contribution in [2.45, 2.75) is 12.7 Å². The van der Waals surface area contributed by atoms with Crippen molar-refractivity contribution in [2.75, 3.05) is 13.7 Å². The van der Waals surface area contributed by atoms with Crippen molar-refractivity contribution in [1.29, 1.82) is 0 Å². The van der Waals surface area contributed by atoms with Gasteiger partial charge >= 0.3 is 6.18 Å². The van der Waals surface area contributed by atoms with E-state index < -0.39 is 34.5 Å². The summed E-state index contributed by atoms with van der Waals surface area (Å²) in [6.45, 7) is 0.169. The van der Waals surface area contributed by atoms with Gasteiger partial charge in [0, 0.05) is 31.3 Å². The smallest absolute Gasteiger partial charge is 0.383 e. The van der Waals surface area contributed by atoms with E-state index in [4.69, 9.17) is 4.74 Å². The molecule has 1 aromatic heterocycles. The van der Waals surface area contributed by atoms with E-state index in [9.17, 15) is 26.7 Å². The van der Waals surface area contributed by atoms with Crippen molar-refractivity contribution in [1.82, 2.24) is 4.57 Å². The highest BCUT2D eigenvalue weighted by Crippen LogP contribution is 2.31. The largest absolute Gasteiger partial charge is 0.454 e. The van der Waals surface area contributed by atoms with Crippen molar-refractivity contribution in [2.24, 2.45) is 0 Å². The van der Waals surface area contributed by atoms with Crippen LogP contribution >= 0.6 is 0 Å². The number of fused-ring (bicyclic) bond motifs is 1. The Morgan fingerprint density at radius 1 is 1.29 bits per heavy atom. The molecule has 0 bridgehead atoms. The van der Waals surface area contributed by atoms with Crippen LogP contribution in [-0.2, 0) is 11.3 Å². The second-order valence-corrected chi connectivity index (χ2v) is 4.34. The number of hydrogen-bond acceptors (Lipinski definition) is 2. The van der Waals surface area contributed by atoms with E-state index in [2.05, 4.69) is 0 Å². The van der Waals surface area contributed by atoms with Gasteiger partial charge < -0.3 is 9.30 Å². The highest BCUT2D eigenvalue weighted by molar-refractivity contribution is 6.10. The molecule has 0 aliphatic carbocycles. The zero-order valence-electron chi connectivity index (χ0n) is 10.8. The van der Waals surface area contributed by atoms with Crippen molar-refractivity contribution in [3.63, 3.8) is 0 Å². The monoisotopic (exact) mass is 307 g/mol. The zero-order valence-corrected chi connectivity index (χ0v) is 10.8. The second kappa shape index (κ2) is 5.44. The summed E-state index contributed by atoms with van der Waals surface area (Å²) >= 11 is 0. The van der Waals surface area contributed by atoms with Gasteiger partial charge in [-0.05, 0) is 6.07 Å². The Kier molecular flexibility index (Phi) is 3.99. The Labute approximate surface area is 115 Å². The van der Waals surface area contributed by atoms with E-state index in [1.165, 1.54) is 7.11 Å². The third kappa shape index (κ3) is 2.90. The molecule has 0 aliphatic heterocycles. The lowest BCUT2D eigenvalue weighted by atomic mass is 10.1. The molecule has 0 fully saturated rings. The average molecular weight is 307 g/mol. The number of ketones is 1. The van der Waals surface area contributed by atoms with Crippen molar-refractivity contribution >= 4 is 16.7 Å². The highest BCUT2D eigenvalue weighted by Gasteiger charge is 2.41. The second-order valence-electron chi connectivity index (χ2n) is 4.34. The molecule has 8 heteroatoms. The van der Waals surface area contributed by atoms with Gasteiger partial charge in [-0.3, -0.25) is 4.79 Å². The molecule has 0 atom stereocenters. The fraction of sp³-hybridized carbons (Fsp3) is 0.308. The SMILES string of the molecule is COCCn1cc(C(=O)C(F)(F)F)c2c(F)cc(F)cc21. The number of carbonyl (C=O) groups is 1. The van der Waals surface area contributed by atoms with Crippen LogP contribution in [0.1, 0.15) is 10.4 Å². The Morgan fingerprint density at radius 2 is 1.95 bits per heavy atom. The van der Waals surface area contributed by atoms with Crippen LogP contribution in [-0.4, -0.2) is 30.2 Å². The fourth-order valence-corrected chi connectivity index (χ4v) is 2.04. The molecule has 1 heterocycles. The molecule has 0 radical (unpaired) electrons. The maximum absolute atomic E-state index is 13.8. The van der Waals surface area contributed by atoms with Crippen LogP contribution in [0.2, 0.25) is 0 Å². The fourth-order valence-electron chi connectivity index (χ4n) is 2.04. The number of alkyl halides is 3. The number of carbonyl (C=O) groups excluding carboxylic acids is 1. The topological polar surface area (TPSA) is 31.2 Å². The van der Waals surface area contributed by atoms with Crippen LogP contribution in [0.4, 0.5) is 22.0 Å². The van der Waals surface area contributed by atoms with E-state index in [0.717, 1.165) is 16.8 Å². The minimum Gasteiger partial charge on any atom is -0.383 e. The van der Waals surface area contributed by atoms with Crippen molar-refractivity contribution < 1.29 is 31.5 Å². The predicted molar refractivity (Wildman–Crippen MR) is 64.1 cm³/mol. The van der Waals surface area contributed by atoms with Crippen LogP contribution < -0.4 is 0 Å².